The van der Waals surface area contributed by atoms with Gasteiger partial charge in [-0.05, 0) is 63.1 Å². The van der Waals surface area contributed by atoms with Crippen LogP contribution in [0, 0.1) is 29.6 Å². The molecule has 1 N–H and O–H groups in total. The molecule has 4 rings (SSSR count). The zero-order valence-corrected chi connectivity index (χ0v) is 15.5. The lowest BCUT2D eigenvalue weighted by Gasteiger charge is -2.30. The summed E-state index contributed by atoms with van der Waals surface area (Å²) in [5.41, 5.74) is 0. The molecule has 0 aromatic carbocycles. The van der Waals surface area contributed by atoms with E-state index in [1.807, 2.05) is 0 Å². The van der Waals surface area contributed by atoms with E-state index in [9.17, 15) is 14.4 Å². The van der Waals surface area contributed by atoms with Crippen LogP contribution in [0.1, 0.15) is 32.6 Å². The van der Waals surface area contributed by atoms with E-state index in [0.29, 0.717) is 6.54 Å². The quantitative estimate of drug-likeness (QED) is 0.437. The number of nitrogens with zero attached hydrogens (tertiary/aromatic N) is 2. The number of hydrogen-bond donors (Lipinski definition) is 1. The first kappa shape index (κ1) is 17.7. The number of nitrogens with one attached hydrogen (secondary N) is 1. The molecule has 1 saturated carbocycles. The van der Waals surface area contributed by atoms with Crippen LogP contribution >= 0.6 is 0 Å². The Bertz CT molecular complexity index is 594. The molecule has 2 saturated heterocycles. The minimum Gasteiger partial charge on any atom is -0.354 e. The highest BCUT2D eigenvalue weighted by atomic mass is 16.2. The van der Waals surface area contributed by atoms with Crippen LogP contribution in [0.2, 0.25) is 0 Å². The predicted molar refractivity (Wildman–Crippen MR) is 96.9 cm³/mol. The maximum absolute atomic E-state index is 12.6. The summed E-state index contributed by atoms with van der Waals surface area (Å²) in [7, 11) is 0. The van der Waals surface area contributed by atoms with Crippen molar-refractivity contribution in [2.45, 2.75) is 32.6 Å². The van der Waals surface area contributed by atoms with Gasteiger partial charge in [-0.2, -0.15) is 0 Å². The van der Waals surface area contributed by atoms with Crippen molar-refractivity contribution in [3.05, 3.63) is 12.2 Å². The van der Waals surface area contributed by atoms with Crippen LogP contribution in [0.3, 0.4) is 0 Å². The second kappa shape index (κ2) is 7.14. The van der Waals surface area contributed by atoms with Crippen molar-refractivity contribution < 1.29 is 14.4 Å². The number of rotatable bonds is 6. The van der Waals surface area contributed by atoms with E-state index in [2.05, 4.69) is 29.3 Å². The van der Waals surface area contributed by atoms with Gasteiger partial charge in [-0.3, -0.25) is 19.3 Å². The van der Waals surface area contributed by atoms with Gasteiger partial charge in [0.15, 0.2) is 0 Å². The molecule has 142 valence electrons. The van der Waals surface area contributed by atoms with Gasteiger partial charge in [0, 0.05) is 6.54 Å². The molecule has 4 unspecified atom stereocenters. The first-order chi connectivity index (χ1) is 12.5. The zero-order chi connectivity index (χ0) is 18.3. The maximum atomic E-state index is 12.6. The van der Waals surface area contributed by atoms with Gasteiger partial charge in [-0.1, -0.05) is 19.1 Å². The zero-order valence-electron chi connectivity index (χ0n) is 15.5. The van der Waals surface area contributed by atoms with Crippen molar-refractivity contribution in [2.75, 3.05) is 32.7 Å². The van der Waals surface area contributed by atoms with E-state index < -0.39 is 0 Å². The third-order valence-corrected chi connectivity index (χ3v) is 6.71. The van der Waals surface area contributed by atoms with Crippen LogP contribution in [-0.2, 0) is 14.4 Å². The van der Waals surface area contributed by atoms with Gasteiger partial charge in [0.05, 0.1) is 11.8 Å². The summed E-state index contributed by atoms with van der Waals surface area (Å²) in [6, 6.07) is 0. The number of imide groups is 1. The maximum Gasteiger partial charge on any atom is 0.240 e. The van der Waals surface area contributed by atoms with Crippen molar-refractivity contribution in [3.63, 3.8) is 0 Å². The fourth-order valence-corrected chi connectivity index (χ4v) is 5.14. The first-order valence-corrected chi connectivity index (χ1v) is 10.1. The standard InChI is InChI=1S/C20H29N3O3/c1-13-5-9-22(10-6-13)8-2-7-21-16(24)12-23-19(25)17-14-3-4-15(11-14)18(17)20(23)26/h3-4,13-15,17-18H,2,5-12H2,1H3,(H,21,24). The number of likely N-dealkylation sites (tertiary alicyclic amines) is 2. The molecule has 2 aliphatic carbocycles. The molecule has 4 atom stereocenters. The number of piperidine rings is 1. The van der Waals surface area contributed by atoms with E-state index in [-0.39, 0.29) is 47.9 Å². The highest BCUT2D eigenvalue weighted by Gasteiger charge is 2.59. The molecule has 0 aromatic heterocycles. The Balaban J connectivity index is 1.20. The summed E-state index contributed by atoms with van der Waals surface area (Å²) >= 11 is 0. The van der Waals surface area contributed by atoms with Gasteiger partial charge in [0.25, 0.3) is 0 Å². The first-order valence-electron chi connectivity index (χ1n) is 10.1. The summed E-state index contributed by atoms with van der Waals surface area (Å²) in [5.74, 6) is 0.275. The van der Waals surface area contributed by atoms with Crippen molar-refractivity contribution in [2.24, 2.45) is 29.6 Å². The SMILES string of the molecule is CC1CCN(CCCNC(=O)CN2C(=O)C3C4C=CC(C4)C3C2=O)CC1. The van der Waals surface area contributed by atoms with E-state index in [0.717, 1.165) is 38.4 Å². The molecular weight excluding hydrogens is 330 g/mol. The Morgan fingerprint density at radius 3 is 2.35 bits per heavy atom. The average molecular weight is 359 g/mol. The third-order valence-electron chi connectivity index (χ3n) is 6.71. The number of fused-ring (bicyclic) bond motifs is 5. The molecule has 0 spiro atoms. The molecule has 6 nitrogen and oxygen atoms in total. The Labute approximate surface area is 155 Å². The molecule has 26 heavy (non-hydrogen) atoms. The van der Waals surface area contributed by atoms with Gasteiger partial charge in [0.2, 0.25) is 17.7 Å². The highest BCUT2D eigenvalue weighted by Crippen LogP contribution is 2.52. The van der Waals surface area contributed by atoms with Gasteiger partial charge in [-0.25, -0.2) is 0 Å². The summed E-state index contributed by atoms with van der Waals surface area (Å²) in [4.78, 5) is 41.0. The Morgan fingerprint density at radius 1 is 1.12 bits per heavy atom. The van der Waals surface area contributed by atoms with Crippen molar-refractivity contribution in [3.8, 4) is 0 Å². The molecule has 3 amide bonds. The molecule has 0 radical (unpaired) electrons. The second-order valence-electron chi connectivity index (χ2n) is 8.49. The van der Waals surface area contributed by atoms with Gasteiger partial charge >= 0.3 is 0 Å². The lowest BCUT2D eigenvalue weighted by Crippen LogP contribution is -2.42. The van der Waals surface area contributed by atoms with Crippen LogP contribution in [0.5, 0.6) is 0 Å². The van der Waals surface area contributed by atoms with Crippen LogP contribution < -0.4 is 5.32 Å². The predicted octanol–water partition coefficient (Wildman–Crippen LogP) is 1.03. The summed E-state index contributed by atoms with van der Waals surface area (Å²) in [6.45, 7) is 6.06. The fraction of sp³-hybridized carbons (Fsp3) is 0.750. The molecular formula is C20H29N3O3. The number of allylic oxidation sites excluding steroid dienone is 2. The second-order valence-corrected chi connectivity index (χ2v) is 8.49. The number of carbonyl (C=O) groups excluding carboxylic acids is 3. The van der Waals surface area contributed by atoms with Crippen LogP contribution in [-0.4, -0.2) is 60.2 Å². The Hall–Kier alpha value is -1.69. The minimum atomic E-state index is -0.223. The summed E-state index contributed by atoms with van der Waals surface area (Å²) < 4.78 is 0. The fourth-order valence-electron chi connectivity index (χ4n) is 5.14. The third kappa shape index (κ3) is 3.20. The number of carbonyl (C=O) groups is 3. The van der Waals surface area contributed by atoms with Crippen LogP contribution in [0.25, 0.3) is 0 Å². The summed E-state index contributed by atoms with van der Waals surface area (Å²) in [5, 5.41) is 2.88. The molecule has 2 bridgehead atoms. The highest BCUT2D eigenvalue weighted by molar-refractivity contribution is 6.08. The monoisotopic (exact) mass is 359 g/mol. The van der Waals surface area contributed by atoms with Crippen molar-refractivity contribution >= 4 is 17.7 Å². The largest absolute Gasteiger partial charge is 0.354 e. The molecule has 2 aliphatic heterocycles. The van der Waals surface area contributed by atoms with Gasteiger partial charge < -0.3 is 10.2 Å². The van der Waals surface area contributed by atoms with Gasteiger partial charge in [0.1, 0.15) is 6.54 Å². The molecule has 4 aliphatic rings. The molecule has 0 aromatic rings. The van der Waals surface area contributed by atoms with Crippen LogP contribution in [0.15, 0.2) is 12.2 Å². The lowest BCUT2D eigenvalue weighted by atomic mass is 9.85. The smallest absolute Gasteiger partial charge is 0.240 e. The molecule has 6 heteroatoms. The van der Waals surface area contributed by atoms with E-state index in [1.165, 1.54) is 17.7 Å². The normalized spacial score (nSPS) is 34.0. The van der Waals surface area contributed by atoms with Crippen molar-refractivity contribution in [1.29, 1.82) is 0 Å². The van der Waals surface area contributed by atoms with E-state index in [4.69, 9.17) is 0 Å². The minimum absolute atomic E-state index is 0.120. The van der Waals surface area contributed by atoms with Gasteiger partial charge in [-0.15, -0.1) is 0 Å². The van der Waals surface area contributed by atoms with Crippen LogP contribution in [0.4, 0.5) is 0 Å². The van der Waals surface area contributed by atoms with E-state index in [1.54, 1.807) is 0 Å². The Kier molecular flexibility index (Phi) is 4.86. The van der Waals surface area contributed by atoms with E-state index >= 15 is 0 Å². The topological polar surface area (TPSA) is 69.7 Å². The number of hydrogen-bond acceptors (Lipinski definition) is 4. The number of amides is 3. The average Bonchev–Trinajstić information content (AvgIpc) is 3.30. The van der Waals surface area contributed by atoms with Crippen molar-refractivity contribution in [1.82, 2.24) is 15.1 Å². The Morgan fingerprint density at radius 2 is 1.73 bits per heavy atom. The lowest BCUT2D eigenvalue weighted by molar-refractivity contribution is -0.144. The summed E-state index contributed by atoms with van der Waals surface area (Å²) in [6.07, 6.45) is 8.47. The molecule has 2 heterocycles. The molecule has 3 fully saturated rings.